The predicted octanol–water partition coefficient (Wildman–Crippen LogP) is 1.47. The van der Waals surface area contributed by atoms with Gasteiger partial charge >= 0.3 is 5.97 Å². The molecule has 1 N–H and O–H groups in total. The van der Waals surface area contributed by atoms with Gasteiger partial charge in [0.1, 0.15) is 11.6 Å². The highest BCUT2D eigenvalue weighted by molar-refractivity contribution is 5.87. The van der Waals surface area contributed by atoms with Gasteiger partial charge in [-0.05, 0) is 12.1 Å². The second-order valence-electron chi connectivity index (χ2n) is 3.21. The molecule has 0 fully saturated rings. The molecule has 88 valence electrons. The molecular weight excluding hydrogens is 222 g/mol. The molecule has 0 saturated heterocycles. The number of hydrogen-bond donors (Lipinski definition) is 1. The molecule has 6 nitrogen and oxygen atoms in total. The van der Waals surface area contributed by atoms with Crippen molar-refractivity contribution in [2.45, 2.75) is 6.54 Å². The maximum atomic E-state index is 11.2. The molecule has 0 aliphatic heterocycles. The van der Waals surface area contributed by atoms with E-state index < -0.39 is 5.97 Å². The smallest absolute Gasteiger partial charge is 0.358 e. The number of esters is 1. The zero-order chi connectivity index (χ0) is 12.1. The zero-order valence-corrected chi connectivity index (χ0v) is 9.21. The van der Waals surface area contributed by atoms with Gasteiger partial charge in [0.15, 0.2) is 5.69 Å². The van der Waals surface area contributed by atoms with Crippen molar-refractivity contribution in [2.24, 2.45) is 0 Å². The lowest BCUT2D eigenvalue weighted by molar-refractivity contribution is 0.0593. The van der Waals surface area contributed by atoms with Gasteiger partial charge in [0.05, 0.1) is 32.3 Å². The summed E-state index contributed by atoms with van der Waals surface area (Å²) in [6.07, 6.45) is 4.47. The molecule has 0 spiro atoms. The number of hydrogen-bond acceptors (Lipinski definition) is 6. The fraction of sp³-hybridized carbons (Fsp3) is 0.182. The SMILES string of the molecule is COC(=O)c1cncc(NCc2ccco2)n1. The van der Waals surface area contributed by atoms with Gasteiger partial charge < -0.3 is 14.5 Å². The molecule has 0 unspecified atom stereocenters. The molecular formula is C11H11N3O3. The van der Waals surface area contributed by atoms with Crippen molar-refractivity contribution < 1.29 is 13.9 Å². The summed E-state index contributed by atoms with van der Waals surface area (Å²) in [5.74, 6) is 0.749. The van der Waals surface area contributed by atoms with Gasteiger partial charge in [0.2, 0.25) is 0 Å². The molecule has 17 heavy (non-hydrogen) atoms. The van der Waals surface area contributed by atoms with E-state index in [0.29, 0.717) is 12.4 Å². The van der Waals surface area contributed by atoms with Crippen LogP contribution in [-0.2, 0) is 11.3 Å². The largest absolute Gasteiger partial charge is 0.467 e. The molecule has 2 aromatic rings. The minimum absolute atomic E-state index is 0.164. The Labute approximate surface area is 97.6 Å². The third-order valence-electron chi connectivity index (χ3n) is 2.05. The lowest BCUT2D eigenvalue weighted by Crippen LogP contribution is -2.08. The van der Waals surface area contributed by atoms with E-state index in [4.69, 9.17) is 4.42 Å². The minimum atomic E-state index is -0.515. The first-order chi connectivity index (χ1) is 8.29. The van der Waals surface area contributed by atoms with Crippen LogP contribution in [0.5, 0.6) is 0 Å². The summed E-state index contributed by atoms with van der Waals surface area (Å²) in [7, 11) is 1.30. The topological polar surface area (TPSA) is 77.2 Å². The van der Waals surface area contributed by atoms with Crippen LogP contribution in [-0.4, -0.2) is 23.0 Å². The highest BCUT2D eigenvalue weighted by Crippen LogP contribution is 2.06. The number of furan rings is 1. The van der Waals surface area contributed by atoms with Crippen LogP contribution in [0.3, 0.4) is 0 Å². The van der Waals surface area contributed by atoms with Crippen LogP contribution in [0.25, 0.3) is 0 Å². The van der Waals surface area contributed by atoms with Crippen LogP contribution < -0.4 is 5.32 Å². The van der Waals surface area contributed by atoms with Crippen molar-refractivity contribution in [3.05, 3.63) is 42.2 Å². The van der Waals surface area contributed by atoms with Crippen molar-refractivity contribution in [2.75, 3.05) is 12.4 Å². The Balaban J connectivity index is 2.03. The molecule has 0 aliphatic rings. The maximum Gasteiger partial charge on any atom is 0.358 e. The van der Waals surface area contributed by atoms with Gasteiger partial charge in [-0.3, -0.25) is 4.98 Å². The van der Waals surface area contributed by atoms with Gasteiger partial charge in [-0.1, -0.05) is 0 Å². The van der Waals surface area contributed by atoms with Crippen molar-refractivity contribution in [1.82, 2.24) is 9.97 Å². The molecule has 0 aliphatic carbocycles. The number of aromatic nitrogens is 2. The average molecular weight is 233 g/mol. The molecule has 2 aromatic heterocycles. The third-order valence-corrected chi connectivity index (χ3v) is 2.05. The first-order valence-electron chi connectivity index (χ1n) is 4.96. The average Bonchev–Trinajstić information content (AvgIpc) is 2.89. The Morgan fingerprint density at radius 2 is 2.41 bits per heavy atom. The van der Waals surface area contributed by atoms with Crippen LogP contribution in [0.2, 0.25) is 0 Å². The Hall–Kier alpha value is -2.37. The standard InChI is InChI=1S/C11H11N3O3/c1-16-11(15)9-6-12-7-10(14-9)13-5-8-3-2-4-17-8/h2-4,6-7H,5H2,1H3,(H,13,14). The summed E-state index contributed by atoms with van der Waals surface area (Å²) in [6, 6.07) is 3.64. The Bertz CT molecular complexity index is 496. The molecule has 0 atom stereocenters. The zero-order valence-electron chi connectivity index (χ0n) is 9.21. The number of carbonyl (C=O) groups is 1. The summed E-state index contributed by atoms with van der Waals surface area (Å²) >= 11 is 0. The summed E-state index contributed by atoms with van der Waals surface area (Å²) in [5, 5.41) is 2.99. The van der Waals surface area contributed by atoms with E-state index in [2.05, 4.69) is 20.0 Å². The van der Waals surface area contributed by atoms with Gasteiger partial charge in [0, 0.05) is 0 Å². The lowest BCUT2D eigenvalue weighted by Gasteiger charge is -2.04. The van der Waals surface area contributed by atoms with Crippen molar-refractivity contribution in [3.8, 4) is 0 Å². The molecule has 0 bridgehead atoms. The molecule has 0 radical (unpaired) electrons. The molecule has 0 saturated carbocycles. The highest BCUT2D eigenvalue weighted by Gasteiger charge is 2.08. The summed E-state index contributed by atoms with van der Waals surface area (Å²) in [5.41, 5.74) is 0.164. The summed E-state index contributed by atoms with van der Waals surface area (Å²) in [4.78, 5) is 19.2. The lowest BCUT2D eigenvalue weighted by atomic mass is 10.4. The Morgan fingerprint density at radius 3 is 3.12 bits per heavy atom. The van der Waals surface area contributed by atoms with Crippen molar-refractivity contribution in [1.29, 1.82) is 0 Å². The Morgan fingerprint density at radius 1 is 1.53 bits per heavy atom. The number of nitrogens with zero attached hydrogens (tertiary/aromatic N) is 2. The van der Waals surface area contributed by atoms with Crippen molar-refractivity contribution >= 4 is 11.8 Å². The van der Waals surface area contributed by atoms with Crippen LogP contribution in [0.4, 0.5) is 5.82 Å². The summed E-state index contributed by atoms with van der Waals surface area (Å²) < 4.78 is 9.71. The molecule has 2 rings (SSSR count). The molecule has 0 aromatic carbocycles. The fourth-order valence-electron chi connectivity index (χ4n) is 1.24. The van der Waals surface area contributed by atoms with Gasteiger partial charge in [-0.25, -0.2) is 9.78 Å². The normalized spacial score (nSPS) is 9.94. The van der Waals surface area contributed by atoms with E-state index in [1.165, 1.54) is 19.5 Å². The Kier molecular flexibility index (Phi) is 3.34. The maximum absolute atomic E-state index is 11.2. The van der Waals surface area contributed by atoms with Crippen LogP contribution in [0, 0.1) is 0 Å². The second-order valence-corrected chi connectivity index (χ2v) is 3.21. The molecule has 6 heteroatoms. The number of methoxy groups -OCH3 is 1. The van der Waals surface area contributed by atoms with E-state index in [1.807, 2.05) is 6.07 Å². The number of carbonyl (C=O) groups excluding carboxylic acids is 1. The van der Waals surface area contributed by atoms with Crippen molar-refractivity contribution in [3.63, 3.8) is 0 Å². The van der Waals surface area contributed by atoms with E-state index in [-0.39, 0.29) is 5.69 Å². The quantitative estimate of drug-likeness (QED) is 0.806. The van der Waals surface area contributed by atoms with E-state index >= 15 is 0 Å². The number of ether oxygens (including phenoxy) is 1. The highest BCUT2D eigenvalue weighted by atomic mass is 16.5. The fourth-order valence-corrected chi connectivity index (χ4v) is 1.24. The monoisotopic (exact) mass is 233 g/mol. The summed E-state index contributed by atoms with van der Waals surface area (Å²) in [6.45, 7) is 0.478. The number of nitrogens with one attached hydrogen (secondary N) is 1. The second kappa shape index (κ2) is 5.11. The van der Waals surface area contributed by atoms with Gasteiger partial charge in [-0.2, -0.15) is 0 Å². The first kappa shape index (κ1) is 11.1. The first-order valence-corrected chi connectivity index (χ1v) is 4.96. The molecule has 2 heterocycles. The minimum Gasteiger partial charge on any atom is -0.467 e. The van der Waals surface area contributed by atoms with E-state index in [1.54, 1.807) is 12.3 Å². The van der Waals surface area contributed by atoms with Crippen LogP contribution >= 0.6 is 0 Å². The molecule has 0 amide bonds. The van der Waals surface area contributed by atoms with Crippen LogP contribution in [0.1, 0.15) is 16.2 Å². The number of rotatable bonds is 4. The predicted molar refractivity (Wildman–Crippen MR) is 59.4 cm³/mol. The van der Waals surface area contributed by atoms with Gasteiger partial charge in [0.25, 0.3) is 0 Å². The van der Waals surface area contributed by atoms with Crippen LogP contribution in [0.15, 0.2) is 35.2 Å². The third kappa shape index (κ3) is 2.81. The van der Waals surface area contributed by atoms with Gasteiger partial charge in [-0.15, -0.1) is 0 Å². The van der Waals surface area contributed by atoms with E-state index in [0.717, 1.165) is 5.76 Å². The van der Waals surface area contributed by atoms with E-state index in [9.17, 15) is 4.79 Å². The number of anilines is 1.